The standard InChI is InChI=1S/C18H13NO4/c1-12(20)23-15-9-7-14(8-10-15)19-17(21)11-16(18(19)22)13-5-3-2-4-6-13/h2-11H,1H3. The molecule has 0 saturated heterocycles. The van der Waals surface area contributed by atoms with Gasteiger partial charge in [0, 0.05) is 13.0 Å². The van der Waals surface area contributed by atoms with Crippen molar-refractivity contribution in [2.75, 3.05) is 4.90 Å². The molecule has 0 fully saturated rings. The number of hydrogen-bond acceptors (Lipinski definition) is 4. The summed E-state index contributed by atoms with van der Waals surface area (Å²) in [5.41, 5.74) is 1.49. The van der Waals surface area contributed by atoms with E-state index in [1.54, 1.807) is 24.3 Å². The van der Waals surface area contributed by atoms with Gasteiger partial charge >= 0.3 is 5.97 Å². The molecule has 0 aromatic heterocycles. The van der Waals surface area contributed by atoms with E-state index >= 15 is 0 Å². The van der Waals surface area contributed by atoms with E-state index in [0.29, 0.717) is 22.6 Å². The van der Waals surface area contributed by atoms with E-state index in [0.717, 1.165) is 4.90 Å². The molecule has 23 heavy (non-hydrogen) atoms. The van der Waals surface area contributed by atoms with Gasteiger partial charge in [0.1, 0.15) is 5.75 Å². The van der Waals surface area contributed by atoms with Crippen molar-refractivity contribution in [1.29, 1.82) is 0 Å². The lowest BCUT2D eigenvalue weighted by Gasteiger charge is -2.15. The molecular formula is C18H13NO4. The van der Waals surface area contributed by atoms with Crippen LogP contribution in [0.25, 0.3) is 5.57 Å². The average Bonchev–Trinajstić information content (AvgIpc) is 2.83. The highest BCUT2D eigenvalue weighted by molar-refractivity contribution is 6.43. The van der Waals surface area contributed by atoms with Gasteiger partial charge in [0.2, 0.25) is 0 Å². The van der Waals surface area contributed by atoms with Crippen LogP contribution in [0, 0.1) is 0 Å². The van der Waals surface area contributed by atoms with Crippen LogP contribution in [0.4, 0.5) is 5.69 Å². The van der Waals surface area contributed by atoms with Crippen molar-refractivity contribution in [2.24, 2.45) is 0 Å². The van der Waals surface area contributed by atoms with Crippen molar-refractivity contribution in [3.8, 4) is 5.75 Å². The molecule has 114 valence electrons. The third-order valence-corrected chi connectivity index (χ3v) is 3.36. The van der Waals surface area contributed by atoms with Crippen LogP contribution in [-0.4, -0.2) is 17.8 Å². The maximum Gasteiger partial charge on any atom is 0.308 e. The van der Waals surface area contributed by atoms with Gasteiger partial charge in [0.15, 0.2) is 0 Å². The van der Waals surface area contributed by atoms with E-state index in [2.05, 4.69) is 0 Å². The Balaban J connectivity index is 1.86. The first kappa shape index (κ1) is 14.7. The van der Waals surface area contributed by atoms with Crippen LogP contribution >= 0.6 is 0 Å². The van der Waals surface area contributed by atoms with Crippen LogP contribution < -0.4 is 9.64 Å². The number of amides is 2. The number of benzene rings is 2. The number of rotatable bonds is 3. The summed E-state index contributed by atoms with van der Waals surface area (Å²) in [6.07, 6.45) is 1.33. The lowest BCUT2D eigenvalue weighted by Crippen LogP contribution is -2.30. The fourth-order valence-electron chi connectivity index (χ4n) is 2.37. The van der Waals surface area contributed by atoms with Crippen LogP contribution in [0.3, 0.4) is 0 Å². The summed E-state index contributed by atoms with van der Waals surface area (Å²) in [6.45, 7) is 1.30. The average molecular weight is 307 g/mol. The summed E-state index contributed by atoms with van der Waals surface area (Å²) in [4.78, 5) is 36.7. The lowest BCUT2D eigenvalue weighted by atomic mass is 10.1. The molecule has 2 aromatic rings. The summed E-state index contributed by atoms with van der Waals surface area (Å²) in [5, 5.41) is 0. The first-order valence-corrected chi connectivity index (χ1v) is 7.00. The van der Waals surface area contributed by atoms with Crippen molar-refractivity contribution < 1.29 is 19.1 Å². The first-order valence-electron chi connectivity index (χ1n) is 7.00. The molecule has 3 rings (SSSR count). The molecular weight excluding hydrogens is 294 g/mol. The summed E-state index contributed by atoms with van der Waals surface area (Å²) in [7, 11) is 0. The molecule has 2 amide bonds. The molecule has 1 aliphatic heterocycles. The van der Waals surface area contributed by atoms with E-state index in [-0.39, 0.29) is 5.91 Å². The number of nitrogens with zero attached hydrogens (tertiary/aromatic N) is 1. The van der Waals surface area contributed by atoms with Crippen molar-refractivity contribution in [3.63, 3.8) is 0 Å². The van der Waals surface area contributed by atoms with E-state index in [1.165, 1.54) is 25.1 Å². The van der Waals surface area contributed by atoms with E-state index in [9.17, 15) is 14.4 Å². The third kappa shape index (κ3) is 2.89. The maximum absolute atomic E-state index is 12.5. The topological polar surface area (TPSA) is 63.7 Å². The highest BCUT2D eigenvalue weighted by Gasteiger charge is 2.32. The number of imide groups is 1. The van der Waals surface area contributed by atoms with Crippen LogP contribution in [0.2, 0.25) is 0 Å². The van der Waals surface area contributed by atoms with Crippen molar-refractivity contribution >= 4 is 29.0 Å². The highest BCUT2D eigenvalue weighted by Crippen LogP contribution is 2.29. The predicted octanol–water partition coefficient (Wildman–Crippen LogP) is 2.57. The SMILES string of the molecule is CC(=O)Oc1ccc(N2C(=O)C=C(c3ccccc3)C2=O)cc1. The quantitative estimate of drug-likeness (QED) is 0.497. The van der Waals surface area contributed by atoms with Crippen LogP contribution in [0.15, 0.2) is 60.7 Å². The molecule has 5 heteroatoms. The van der Waals surface area contributed by atoms with Gasteiger partial charge in [0.05, 0.1) is 11.3 Å². The number of esters is 1. The maximum atomic E-state index is 12.5. The number of ether oxygens (including phenoxy) is 1. The second-order valence-electron chi connectivity index (χ2n) is 4.99. The van der Waals surface area contributed by atoms with E-state index in [4.69, 9.17) is 4.74 Å². The minimum Gasteiger partial charge on any atom is -0.427 e. The van der Waals surface area contributed by atoms with E-state index < -0.39 is 11.9 Å². The Morgan fingerprint density at radius 1 is 0.957 bits per heavy atom. The van der Waals surface area contributed by atoms with Gasteiger partial charge in [-0.15, -0.1) is 0 Å². The van der Waals surface area contributed by atoms with Crippen LogP contribution in [0.1, 0.15) is 12.5 Å². The zero-order valence-electron chi connectivity index (χ0n) is 12.4. The van der Waals surface area contributed by atoms with Gasteiger partial charge in [0.25, 0.3) is 11.8 Å². The molecule has 1 heterocycles. The Hall–Kier alpha value is -3.21. The van der Waals surface area contributed by atoms with Gasteiger partial charge in [-0.05, 0) is 29.8 Å². The third-order valence-electron chi connectivity index (χ3n) is 3.36. The largest absolute Gasteiger partial charge is 0.427 e. The van der Waals surface area contributed by atoms with Gasteiger partial charge in [-0.1, -0.05) is 30.3 Å². The second kappa shape index (κ2) is 5.88. The monoisotopic (exact) mass is 307 g/mol. The summed E-state index contributed by atoms with van der Waals surface area (Å²) < 4.78 is 4.94. The number of carbonyl (C=O) groups is 3. The Morgan fingerprint density at radius 2 is 1.61 bits per heavy atom. The van der Waals surface area contributed by atoms with Crippen molar-refractivity contribution in [2.45, 2.75) is 6.92 Å². The molecule has 1 aliphatic rings. The van der Waals surface area contributed by atoms with Crippen LogP contribution in [-0.2, 0) is 14.4 Å². The van der Waals surface area contributed by atoms with Gasteiger partial charge in [-0.2, -0.15) is 0 Å². The molecule has 0 spiro atoms. The Labute approximate surface area is 132 Å². The van der Waals surface area contributed by atoms with Gasteiger partial charge in [-0.3, -0.25) is 14.4 Å². The van der Waals surface area contributed by atoms with Gasteiger partial charge < -0.3 is 4.74 Å². The van der Waals surface area contributed by atoms with E-state index in [1.807, 2.05) is 18.2 Å². The van der Waals surface area contributed by atoms with Gasteiger partial charge in [-0.25, -0.2) is 4.90 Å². The molecule has 0 aliphatic carbocycles. The smallest absolute Gasteiger partial charge is 0.308 e. The summed E-state index contributed by atoms with van der Waals surface area (Å²) in [5.74, 6) is -0.841. The molecule has 5 nitrogen and oxygen atoms in total. The lowest BCUT2D eigenvalue weighted by molar-refractivity contribution is -0.132. The highest BCUT2D eigenvalue weighted by atomic mass is 16.5. The minimum absolute atomic E-state index is 0.358. The fourth-order valence-corrected chi connectivity index (χ4v) is 2.37. The molecule has 2 aromatic carbocycles. The molecule has 0 bridgehead atoms. The Kier molecular flexibility index (Phi) is 3.76. The normalized spacial score (nSPS) is 14.0. The zero-order valence-corrected chi connectivity index (χ0v) is 12.4. The predicted molar refractivity (Wildman–Crippen MR) is 84.7 cm³/mol. The molecule has 0 atom stereocenters. The number of hydrogen-bond donors (Lipinski definition) is 0. The molecule has 0 N–H and O–H groups in total. The molecule has 0 radical (unpaired) electrons. The zero-order chi connectivity index (χ0) is 16.4. The van der Waals surface area contributed by atoms with Crippen molar-refractivity contribution in [3.05, 3.63) is 66.2 Å². The second-order valence-corrected chi connectivity index (χ2v) is 4.99. The first-order chi connectivity index (χ1) is 11.1. The minimum atomic E-state index is -0.431. The molecule has 0 unspecified atom stereocenters. The molecule has 0 saturated carbocycles. The van der Waals surface area contributed by atoms with Crippen molar-refractivity contribution in [1.82, 2.24) is 0 Å². The Bertz CT molecular complexity index is 807. The number of carbonyl (C=O) groups excluding carboxylic acids is 3. The van der Waals surface area contributed by atoms with Crippen LogP contribution in [0.5, 0.6) is 5.75 Å². The number of anilines is 1. The fraction of sp³-hybridized carbons (Fsp3) is 0.0556. The summed E-state index contributed by atoms with van der Waals surface area (Å²) >= 11 is 0. The summed E-state index contributed by atoms with van der Waals surface area (Å²) in [6, 6.07) is 15.2. The Morgan fingerprint density at radius 3 is 2.22 bits per heavy atom.